The lowest BCUT2D eigenvalue weighted by Gasteiger charge is -2.20. The van der Waals surface area contributed by atoms with Crippen LogP contribution in [0, 0.1) is 6.92 Å². The Morgan fingerprint density at radius 3 is 1.92 bits per heavy atom. The van der Waals surface area contributed by atoms with Crippen LogP contribution in [0.15, 0.2) is 30.3 Å². The summed E-state index contributed by atoms with van der Waals surface area (Å²) < 4.78 is 21.6. The Bertz CT molecular complexity index is 715. The number of benzene rings is 2. The largest absolute Gasteiger partial charge is 0.496 e. The van der Waals surface area contributed by atoms with Crippen molar-refractivity contribution < 1.29 is 18.9 Å². The molecule has 2 rings (SSSR count). The molecule has 0 radical (unpaired) electrons. The maximum absolute atomic E-state index is 6.06. The smallest absolute Gasteiger partial charge is 0.164 e. The average molecular weight is 345 g/mol. The molecule has 0 saturated carbocycles. The summed E-state index contributed by atoms with van der Waals surface area (Å²) in [5.74, 6) is 3.13. The van der Waals surface area contributed by atoms with Crippen molar-refractivity contribution in [2.45, 2.75) is 19.3 Å². The molecule has 0 aliphatic rings. The Morgan fingerprint density at radius 1 is 0.800 bits per heavy atom. The molecule has 2 aromatic rings. The molecule has 0 fully saturated rings. The van der Waals surface area contributed by atoms with Gasteiger partial charge in [0.2, 0.25) is 0 Å². The molecule has 0 aliphatic carbocycles. The molecule has 1 atom stereocenters. The molecule has 0 saturated heterocycles. The van der Waals surface area contributed by atoms with Crippen molar-refractivity contribution in [2.75, 3.05) is 35.0 Å². The van der Waals surface area contributed by atoms with E-state index in [1.165, 1.54) is 5.56 Å². The first-order valence-electron chi connectivity index (χ1n) is 8.21. The lowest BCUT2D eigenvalue weighted by atomic mass is 9.90. The molecule has 136 valence electrons. The molecule has 0 spiro atoms. The van der Waals surface area contributed by atoms with E-state index in [1.54, 1.807) is 28.4 Å². The first-order chi connectivity index (χ1) is 12.1. The van der Waals surface area contributed by atoms with Gasteiger partial charge in [0.15, 0.2) is 11.5 Å². The Balaban J connectivity index is 2.36. The predicted molar refractivity (Wildman–Crippen MR) is 99.3 cm³/mol. The summed E-state index contributed by atoms with van der Waals surface area (Å²) in [5.41, 5.74) is 9.37. The molecule has 2 N–H and O–H groups in total. The van der Waals surface area contributed by atoms with Crippen molar-refractivity contribution >= 4 is 0 Å². The Morgan fingerprint density at radius 2 is 1.40 bits per heavy atom. The first-order valence-corrected chi connectivity index (χ1v) is 8.21. The minimum atomic E-state index is 0.164. The minimum absolute atomic E-state index is 0.164. The fourth-order valence-electron chi connectivity index (χ4n) is 3.01. The van der Waals surface area contributed by atoms with E-state index in [-0.39, 0.29) is 5.92 Å². The summed E-state index contributed by atoms with van der Waals surface area (Å²) in [5, 5.41) is 0. The molecule has 1 unspecified atom stereocenters. The minimum Gasteiger partial charge on any atom is -0.496 e. The monoisotopic (exact) mass is 345 g/mol. The fraction of sp³-hybridized carbons (Fsp3) is 0.400. The van der Waals surface area contributed by atoms with Gasteiger partial charge in [-0.3, -0.25) is 0 Å². The molecule has 0 heterocycles. The number of methoxy groups -OCH3 is 4. The summed E-state index contributed by atoms with van der Waals surface area (Å²) in [6, 6.07) is 9.98. The van der Waals surface area contributed by atoms with Crippen LogP contribution >= 0.6 is 0 Å². The normalized spacial score (nSPS) is 11.8. The molecular weight excluding hydrogens is 318 g/mol. The summed E-state index contributed by atoms with van der Waals surface area (Å²) in [7, 11) is 6.57. The zero-order valence-corrected chi connectivity index (χ0v) is 15.6. The Kier molecular flexibility index (Phi) is 6.53. The average Bonchev–Trinajstić information content (AvgIpc) is 2.65. The second kappa shape index (κ2) is 8.62. The van der Waals surface area contributed by atoms with E-state index in [9.17, 15) is 0 Å². The van der Waals surface area contributed by atoms with Gasteiger partial charge < -0.3 is 24.7 Å². The van der Waals surface area contributed by atoms with Crippen LogP contribution in [0.4, 0.5) is 0 Å². The van der Waals surface area contributed by atoms with Crippen LogP contribution in [0.5, 0.6) is 23.0 Å². The third kappa shape index (κ3) is 4.17. The molecule has 0 bridgehead atoms. The zero-order chi connectivity index (χ0) is 18.4. The van der Waals surface area contributed by atoms with Gasteiger partial charge in [0.25, 0.3) is 0 Å². The van der Waals surface area contributed by atoms with Crippen LogP contribution in [0.25, 0.3) is 0 Å². The van der Waals surface area contributed by atoms with E-state index in [0.717, 1.165) is 29.0 Å². The van der Waals surface area contributed by atoms with Gasteiger partial charge in [-0.2, -0.15) is 0 Å². The van der Waals surface area contributed by atoms with Crippen LogP contribution in [0.1, 0.15) is 22.6 Å². The van der Waals surface area contributed by atoms with Gasteiger partial charge in [-0.1, -0.05) is 12.1 Å². The van der Waals surface area contributed by atoms with Crippen LogP contribution < -0.4 is 24.7 Å². The highest BCUT2D eigenvalue weighted by Crippen LogP contribution is 2.37. The van der Waals surface area contributed by atoms with E-state index in [4.69, 9.17) is 24.7 Å². The summed E-state index contributed by atoms with van der Waals surface area (Å²) >= 11 is 0. The highest BCUT2D eigenvalue weighted by molar-refractivity contribution is 5.51. The molecule has 0 aliphatic heterocycles. The lowest BCUT2D eigenvalue weighted by molar-refractivity contribution is 0.347. The van der Waals surface area contributed by atoms with Gasteiger partial charge in [0, 0.05) is 12.0 Å². The summed E-state index contributed by atoms with van der Waals surface area (Å²) in [6.07, 6.45) is 0.742. The number of hydrogen-bond donors (Lipinski definition) is 1. The van der Waals surface area contributed by atoms with Gasteiger partial charge in [0.05, 0.1) is 28.4 Å². The van der Waals surface area contributed by atoms with Crippen molar-refractivity contribution in [3.05, 3.63) is 47.0 Å². The first kappa shape index (κ1) is 18.9. The Labute approximate surface area is 149 Å². The maximum atomic E-state index is 6.06. The Hall–Kier alpha value is -2.40. The highest BCUT2D eigenvalue weighted by atomic mass is 16.5. The maximum Gasteiger partial charge on any atom is 0.164 e. The van der Waals surface area contributed by atoms with Crippen molar-refractivity contribution in [1.82, 2.24) is 0 Å². The van der Waals surface area contributed by atoms with Crippen molar-refractivity contribution in [3.8, 4) is 23.0 Å². The van der Waals surface area contributed by atoms with Gasteiger partial charge in [-0.25, -0.2) is 0 Å². The molecule has 2 aromatic carbocycles. The van der Waals surface area contributed by atoms with Crippen molar-refractivity contribution in [3.63, 3.8) is 0 Å². The quantitative estimate of drug-likeness (QED) is 0.795. The van der Waals surface area contributed by atoms with Crippen LogP contribution in [-0.2, 0) is 6.42 Å². The molecule has 25 heavy (non-hydrogen) atoms. The van der Waals surface area contributed by atoms with E-state index in [2.05, 4.69) is 12.1 Å². The number of nitrogens with two attached hydrogens (primary N) is 1. The fourth-order valence-corrected chi connectivity index (χ4v) is 3.01. The van der Waals surface area contributed by atoms with Crippen LogP contribution in [0.3, 0.4) is 0 Å². The SMILES string of the molecule is COc1ccc(C(CN)Cc2cc(OC)c(OC)cc2OC)cc1C. The van der Waals surface area contributed by atoms with E-state index in [0.29, 0.717) is 18.0 Å². The number of aryl methyl sites for hydroxylation is 1. The third-order valence-corrected chi connectivity index (χ3v) is 4.43. The van der Waals surface area contributed by atoms with Crippen molar-refractivity contribution in [2.24, 2.45) is 5.73 Å². The number of ether oxygens (including phenoxy) is 4. The van der Waals surface area contributed by atoms with Gasteiger partial charge in [-0.15, -0.1) is 0 Å². The van der Waals surface area contributed by atoms with Gasteiger partial charge >= 0.3 is 0 Å². The van der Waals surface area contributed by atoms with Crippen LogP contribution in [-0.4, -0.2) is 35.0 Å². The van der Waals surface area contributed by atoms with Gasteiger partial charge in [0.1, 0.15) is 11.5 Å². The lowest BCUT2D eigenvalue weighted by Crippen LogP contribution is -2.16. The second-order valence-corrected chi connectivity index (χ2v) is 5.88. The van der Waals surface area contributed by atoms with Crippen LogP contribution in [0.2, 0.25) is 0 Å². The zero-order valence-electron chi connectivity index (χ0n) is 15.6. The molecule has 0 amide bonds. The van der Waals surface area contributed by atoms with Crippen molar-refractivity contribution in [1.29, 1.82) is 0 Å². The van der Waals surface area contributed by atoms with E-state index < -0.39 is 0 Å². The third-order valence-electron chi connectivity index (χ3n) is 4.43. The second-order valence-electron chi connectivity index (χ2n) is 5.88. The number of rotatable bonds is 8. The molecule has 5 heteroatoms. The molecule has 5 nitrogen and oxygen atoms in total. The molecular formula is C20H27NO4. The predicted octanol–water partition coefficient (Wildman–Crippen LogP) is 3.31. The topological polar surface area (TPSA) is 62.9 Å². The van der Waals surface area contributed by atoms with E-state index >= 15 is 0 Å². The van der Waals surface area contributed by atoms with E-state index in [1.807, 2.05) is 25.1 Å². The highest BCUT2D eigenvalue weighted by Gasteiger charge is 2.18. The number of hydrogen-bond acceptors (Lipinski definition) is 5. The molecule has 0 aromatic heterocycles. The summed E-state index contributed by atoms with van der Waals surface area (Å²) in [6.45, 7) is 2.57. The standard InChI is InChI=1S/C20H27NO4/c1-13-8-14(6-7-17(13)22-2)16(12-21)9-15-10-19(24-4)20(25-5)11-18(15)23-3/h6-8,10-11,16H,9,12,21H2,1-5H3. The summed E-state index contributed by atoms with van der Waals surface area (Å²) in [4.78, 5) is 0. The van der Waals surface area contributed by atoms with Gasteiger partial charge in [-0.05, 0) is 48.7 Å².